The van der Waals surface area contributed by atoms with E-state index in [1.165, 1.54) is 11.3 Å². The van der Waals surface area contributed by atoms with Crippen LogP contribution in [0.15, 0.2) is 29.6 Å². The summed E-state index contributed by atoms with van der Waals surface area (Å²) < 4.78 is 5.29. The maximum absolute atomic E-state index is 11.9. The van der Waals surface area contributed by atoms with Crippen molar-refractivity contribution < 1.29 is 9.53 Å². The van der Waals surface area contributed by atoms with Crippen LogP contribution in [-0.4, -0.2) is 42.4 Å². The minimum absolute atomic E-state index is 0.159. The number of nitrogens with one attached hydrogen (secondary N) is 1. The van der Waals surface area contributed by atoms with Gasteiger partial charge in [0.25, 0.3) is 5.91 Å². The number of ether oxygens (including phenoxy) is 1. The maximum Gasteiger partial charge on any atom is 0.266 e. The number of rotatable bonds is 3. The first-order valence-electron chi connectivity index (χ1n) is 6.34. The highest BCUT2D eigenvalue weighted by molar-refractivity contribution is 7.12. The van der Waals surface area contributed by atoms with E-state index < -0.39 is 0 Å². The average Bonchev–Trinajstić information content (AvgIpc) is 3.03. The monoisotopic (exact) mass is 290 g/mol. The zero-order valence-electron chi connectivity index (χ0n) is 10.8. The standard InChI is InChI=1S/C13H14N4O2S/c18-13(10-2-1-9-20-10)14-11-3-4-12(16-15-11)17-5-7-19-8-6-17/h1-4,9H,5-8H2,(H,14,15,18). The summed E-state index contributed by atoms with van der Waals surface area (Å²) in [6, 6.07) is 7.24. The number of anilines is 2. The summed E-state index contributed by atoms with van der Waals surface area (Å²) >= 11 is 1.39. The van der Waals surface area contributed by atoms with Crippen molar-refractivity contribution in [1.29, 1.82) is 0 Å². The molecule has 0 radical (unpaired) electrons. The molecule has 3 heterocycles. The number of nitrogens with zero attached hydrogens (tertiary/aromatic N) is 3. The zero-order chi connectivity index (χ0) is 13.8. The molecule has 7 heteroatoms. The Balaban J connectivity index is 1.65. The molecule has 1 aliphatic rings. The minimum Gasteiger partial charge on any atom is -0.378 e. The molecule has 1 amide bonds. The smallest absolute Gasteiger partial charge is 0.266 e. The molecule has 3 rings (SSSR count). The summed E-state index contributed by atoms with van der Waals surface area (Å²) in [5.74, 6) is 1.11. The molecule has 0 bridgehead atoms. The van der Waals surface area contributed by atoms with E-state index in [0.717, 1.165) is 18.9 Å². The molecule has 0 spiro atoms. The molecule has 6 nitrogen and oxygen atoms in total. The van der Waals surface area contributed by atoms with Gasteiger partial charge in [0, 0.05) is 13.1 Å². The molecule has 2 aromatic heterocycles. The Bertz CT molecular complexity index is 565. The summed E-state index contributed by atoms with van der Waals surface area (Å²) in [6.45, 7) is 3.04. The first-order valence-corrected chi connectivity index (χ1v) is 7.22. The molecule has 1 N–H and O–H groups in total. The van der Waals surface area contributed by atoms with Crippen LogP contribution in [0, 0.1) is 0 Å². The van der Waals surface area contributed by atoms with Crippen molar-refractivity contribution in [1.82, 2.24) is 10.2 Å². The molecule has 0 unspecified atom stereocenters. The molecule has 20 heavy (non-hydrogen) atoms. The van der Waals surface area contributed by atoms with Crippen molar-refractivity contribution in [2.24, 2.45) is 0 Å². The van der Waals surface area contributed by atoms with Crippen LogP contribution in [0.5, 0.6) is 0 Å². The molecular weight excluding hydrogens is 276 g/mol. The lowest BCUT2D eigenvalue weighted by Gasteiger charge is -2.27. The van der Waals surface area contributed by atoms with Gasteiger partial charge in [0.2, 0.25) is 0 Å². The number of carbonyl (C=O) groups excluding carboxylic acids is 1. The van der Waals surface area contributed by atoms with E-state index in [4.69, 9.17) is 4.74 Å². The van der Waals surface area contributed by atoms with Crippen molar-refractivity contribution in [3.63, 3.8) is 0 Å². The Morgan fingerprint density at radius 3 is 2.75 bits per heavy atom. The Morgan fingerprint density at radius 2 is 2.10 bits per heavy atom. The highest BCUT2D eigenvalue weighted by Crippen LogP contribution is 2.15. The Labute approximate surface area is 120 Å². The third-order valence-corrected chi connectivity index (χ3v) is 3.84. The fourth-order valence-corrected chi connectivity index (χ4v) is 2.56. The van der Waals surface area contributed by atoms with Gasteiger partial charge in [-0.2, -0.15) is 0 Å². The van der Waals surface area contributed by atoms with Crippen molar-refractivity contribution in [2.75, 3.05) is 36.5 Å². The maximum atomic E-state index is 11.9. The SMILES string of the molecule is O=C(Nc1ccc(N2CCOCC2)nn1)c1cccs1. The van der Waals surface area contributed by atoms with Gasteiger partial charge in [0.15, 0.2) is 11.6 Å². The summed E-state index contributed by atoms with van der Waals surface area (Å²) in [7, 11) is 0. The largest absolute Gasteiger partial charge is 0.378 e. The first-order chi connectivity index (χ1) is 9.83. The summed E-state index contributed by atoms with van der Waals surface area (Å²) in [6.07, 6.45) is 0. The van der Waals surface area contributed by atoms with Crippen molar-refractivity contribution in [2.45, 2.75) is 0 Å². The minimum atomic E-state index is -0.159. The van der Waals surface area contributed by atoms with Crippen LogP contribution in [0.25, 0.3) is 0 Å². The normalized spacial score (nSPS) is 15.1. The fourth-order valence-electron chi connectivity index (χ4n) is 1.94. The molecule has 104 valence electrons. The van der Waals surface area contributed by atoms with Gasteiger partial charge < -0.3 is 15.0 Å². The van der Waals surface area contributed by atoms with Crippen LogP contribution in [0.2, 0.25) is 0 Å². The lowest BCUT2D eigenvalue weighted by atomic mass is 10.4. The van der Waals surface area contributed by atoms with Crippen molar-refractivity contribution in [3.8, 4) is 0 Å². The number of hydrogen-bond acceptors (Lipinski definition) is 6. The van der Waals surface area contributed by atoms with E-state index in [2.05, 4.69) is 20.4 Å². The van der Waals surface area contributed by atoms with Gasteiger partial charge in [-0.25, -0.2) is 0 Å². The number of carbonyl (C=O) groups is 1. The highest BCUT2D eigenvalue weighted by atomic mass is 32.1. The summed E-state index contributed by atoms with van der Waals surface area (Å²) in [5.41, 5.74) is 0. The van der Waals surface area contributed by atoms with E-state index in [9.17, 15) is 4.79 Å². The fraction of sp³-hybridized carbons (Fsp3) is 0.308. The molecule has 0 saturated carbocycles. The highest BCUT2D eigenvalue weighted by Gasteiger charge is 2.13. The third-order valence-electron chi connectivity index (χ3n) is 2.97. The second-order valence-corrected chi connectivity index (χ2v) is 5.26. The van der Waals surface area contributed by atoms with Gasteiger partial charge in [-0.3, -0.25) is 4.79 Å². The van der Waals surface area contributed by atoms with Gasteiger partial charge in [0.1, 0.15) is 0 Å². The van der Waals surface area contributed by atoms with Crippen LogP contribution in [-0.2, 0) is 4.74 Å². The Morgan fingerprint density at radius 1 is 1.25 bits per heavy atom. The first kappa shape index (κ1) is 13.0. The second-order valence-electron chi connectivity index (χ2n) is 4.31. The molecule has 0 atom stereocenters. The van der Waals surface area contributed by atoms with Gasteiger partial charge in [-0.1, -0.05) is 6.07 Å². The number of thiophene rings is 1. The van der Waals surface area contributed by atoms with Gasteiger partial charge in [-0.05, 0) is 23.6 Å². The molecular formula is C13H14N4O2S. The average molecular weight is 290 g/mol. The van der Waals surface area contributed by atoms with Crippen LogP contribution in [0.1, 0.15) is 9.67 Å². The lowest BCUT2D eigenvalue weighted by Crippen LogP contribution is -2.36. The third kappa shape index (κ3) is 2.94. The predicted octanol–water partition coefficient (Wildman–Crippen LogP) is 1.63. The van der Waals surface area contributed by atoms with Crippen LogP contribution < -0.4 is 10.2 Å². The lowest BCUT2D eigenvalue weighted by molar-refractivity contribution is 0.103. The van der Waals surface area contributed by atoms with Gasteiger partial charge >= 0.3 is 0 Å². The predicted molar refractivity (Wildman–Crippen MR) is 77.3 cm³/mol. The topological polar surface area (TPSA) is 67.4 Å². The van der Waals surface area contributed by atoms with Crippen LogP contribution in [0.4, 0.5) is 11.6 Å². The van der Waals surface area contributed by atoms with Crippen molar-refractivity contribution >= 4 is 28.9 Å². The number of amides is 1. The van der Waals surface area contributed by atoms with Crippen molar-refractivity contribution in [3.05, 3.63) is 34.5 Å². The molecule has 0 aromatic carbocycles. The zero-order valence-corrected chi connectivity index (χ0v) is 11.6. The molecule has 2 aromatic rings. The molecule has 0 aliphatic carbocycles. The summed E-state index contributed by atoms with van der Waals surface area (Å²) in [4.78, 5) is 14.6. The number of morpholine rings is 1. The Kier molecular flexibility index (Phi) is 3.89. The van der Waals surface area contributed by atoms with E-state index in [1.54, 1.807) is 12.1 Å². The Hall–Kier alpha value is -1.99. The molecule has 1 saturated heterocycles. The van der Waals surface area contributed by atoms with E-state index in [-0.39, 0.29) is 5.91 Å². The molecule has 1 aliphatic heterocycles. The van der Waals surface area contributed by atoms with E-state index in [1.807, 2.05) is 17.5 Å². The van der Waals surface area contributed by atoms with E-state index in [0.29, 0.717) is 23.9 Å². The molecule has 1 fully saturated rings. The second kappa shape index (κ2) is 5.98. The van der Waals surface area contributed by atoms with Gasteiger partial charge in [0.05, 0.1) is 18.1 Å². The number of hydrogen-bond donors (Lipinski definition) is 1. The number of aromatic nitrogens is 2. The van der Waals surface area contributed by atoms with Crippen LogP contribution >= 0.6 is 11.3 Å². The summed E-state index contributed by atoms with van der Waals surface area (Å²) in [5, 5.41) is 12.8. The quantitative estimate of drug-likeness (QED) is 0.930. The van der Waals surface area contributed by atoms with Crippen LogP contribution in [0.3, 0.4) is 0 Å². The van der Waals surface area contributed by atoms with E-state index >= 15 is 0 Å². The van der Waals surface area contributed by atoms with Gasteiger partial charge in [-0.15, -0.1) is 21.5 Å².